The van der Waals surface area contributed by atoms with Crippen LogP contribution < -0.4 is 15.5 Å². The van der Waals surface area contributed by atoms with E-state index in [1.54, 1.807) is 0 Å². The molecule has 2 saturated heterocycles. The molecule has 0 amide bonds. The Morgan fingerprint density at radius 3 is 2.45 bits per heavy atom. The molecule has 0 bridgehead atoms. The first-order chi connectivity index (χ1) is 9.87. The molecule has 1 atom stereocenters. The molecule has 2 aliphatic rings. The van der Waals surface area contributed by atoms with E-state index < -0.39 is 0 Å². The first kappa shape index (κ1) is 17.6. The maximum Gasteiger partial charge on any atom is 0.494 e. The van der Waals surface area contributed by atoms with Crippen LogP contribution in [0.15, 0.2) is 24.3 Å². The number of ether oxygens (including phenoxy) is 1. The molecule has 1 aromatic carbocycles. The van der Waals surface area contributed by atoms with Crippen LogP contribution in [0.2, 0.25) is 0 Å². The Balaban J connectivity index is 0.00000176. The zero-order valence-corrected chi connectivity index (χ0v) is 14.5. The number of nitrogens with one attached hydrogen (secondary N) is 1. The van der Waals surface area contributed by atoms with E-state index in [2.05, 4.69) is 33.0 Å². The predicted octanol–water partition coefficient (Wildman–Crippen LogP) is 2.15. The lowest BCUT2D eigenvalue weighted by Gasteiger charge is -2.32. The average molecular weight is 326 g/mol. The minimum Gasteiger partial charge on any atom is -0.489 e. The zero-order chi connectivity index (χ0) is 15.1. The van der Waals surface area contributed by atoms with Gasteiger partial charge < -0.3 is 19.4 Å². The highest BCUT2D eigenvalue weighted by Crippen LogP contribution is 2.36. The number of hydrogen-bond donors (Lipinski definition) is 1. The largest absolute Gasteiger partial charge is 0.494 e. The molecule has 0 saturated carbocycles. The van der Waals surface area contributed by atoms with Crippen molar-refractivity contribution in [3.05, 3.63) is 24.3 Å². The molecule has 6 heteroatoms. The molecular formula is C16H25BClNO3. The first-order valence-electron chi connectivity index (χ1n) is 7.70. The second-order valence-electron chi connectivity index (χ2n) is 6.89. The Labute approximate surface area is 139 Å². The van der Waals surface area contributed by atoms with Gasteiger partial charge >= 0.3 is 7.12 Å². The summed E-state index contributed by atoms with van der Waals surface area (Å²) in [6.45, 7) is 10.2. The fourth-order valence-electron chi connectivity index (χ4n) is 2.63. The third kappa shape index (κ3) is 3.43. The van der Waals surface area contributed by atoms with Crippen LogP contribution in [-0.2, 0) is 9.31 Å². The van der Waals surface area contributed by atoms with Gasteiger partial charge in [-0.25, -0.2) is 0 Å². The van der Waals surface area contributed by atoms with Crippen molar-refractivity contribution in [3.63, 3.8) is 0 Å². The lowest BCUT2D eigenvalue weighted by molar-refractivity contribution is 0.00578. The third-order valence-electron chi connectivity index (χ3n) is 4.70. The Hall–Kier alpha value is -0.745. The van der Waals surface area contributed by atoms with E-state index in [-0.39, 0.29) is 36.8 Å². The van der Waals surface area contributed by atoms with Crippen molar-refractivity contribution in [2.75, 3.05) is 13.1 Å². The highest BCUT2D eigenvalue weighted by molar-refractivity contribution is 6.62. The van der Waals surface area contributed by atoms with Gasteiger partial charge in [-0.15, -0.1) is 12.4 Å². The Morgan fingerprint density at radius 2 is 1.86 bits per heavy atom. The van der Waals surface area contributed by atoms with Gasteiger partial charge in [-0.1, -0.05) is 12.1 Å². The Bertz CT molecular complexity index is 502. The van der Waals surface area contributed by atoms with Gasteiger partial charge in [0.2, 0.25) is 0 Å². The number of hydrogen-bond acceptors (Lipinski definition) is 4. The molecule has 4 nitrogen and oxygen atoms in total. The van der Waals surface area contributed by atoms with Crippen LogP contribution in [0.5, 0.6) is 5.75 Å². The molecule has 1 aromatic rings. The lowest BCUT2D eigenvalue weighted by atomic mass is 9.79. The van der Waals surface area contributed by atoms with E-state index in [1.165, 1.54) is 0 Å². The van der Waals surface area contributed by atoms with Crippen LogP contribution >= 0.6 is 12.4 Å². The van der Waals surface area contributed by atoms with Gasteiger partial charge in [0.15, 0.2) is 0 Å². The summed E-state index contributed by atoms with van der Waals surface area (Å²) >= 11 is 0. The lowest BCUT2D eigenvalue weighted by Crippen LogP contribution is -2.41. The van der Waals surface area contributed by atoms with Crippen molar-refractivity contribution in [2.45, 2.75) is 51.4 Å². The molecular weight excluding hydrogens is 300 g/mol. The van der Waals surface area contributed by atoms with E-state index in [0.717, 1.165) is 30.7 Å². The van der Waals surface area contributed by atoms with E-state index >= 15 is 0 Å². The number of benzene rings is 1. The molecule has 2 aliphatic heterocycles. The maximum atomic E-state index is 6.08. The molecule has 2 fully saturated rings. The second kappa shape index (κ2) is 6.40. The van der Waals surface area contributed by atoms with Crippen LogP contribution in [0.4, 0.5) is 0 Å². The summed E-state index contributed by atoms with van der Waals surface area (Å²) in [6, 6.07) is 8.05. The van der Waals surface area contributed by atoms with E-state index in [1.807, 2.05) is 24.3 Å². The monoisotopic (exact) mass is 325 g/mol. The summed E-state index contributed by atoms with van der Waals surface area (Å²) in [6.07, 6.45) is 1.32. The Kier molecular flexibility index (Phi) is 5.12. The van der Waals surface area contributed by atoms with Crippen LogP contribution in [0.3, 0.4) is 0 Å². The summed E-state index contributed by atoms with van der Waals surface area (Å²) in [4.78, 5) is 0. The number of halogens is 1. The van der Waals surface area contributed by atoms with Crippen LogP contribution in [0, 0.1) is 0 Å². The summed E-state index contributed by atoms with van der Waals surface area (Å²) < 4.78 is 18.2. The van der Waals surface area contributed by atoms with Crippen molar-refractivity contribution >= 4 is 25.0 Å². The summed E-state index contributed by atoms with van der Waals surface area (Å²) in [5.41, 5.74) is 0.380. The molecule has 3 rings (SSSR count). The predicted molar refractivity (Wildman–Crippen MR) is 91.3 cm³/mol. The van der Waals surface area contributed by atoms with Crippen LogP contribution in [-0.4, -0.2) is 37.5 Å². The molecule has 2 heterocycles. The Morgan fingerprint density at radius 1 is 1.18 bits per heavy atom. The van der Waals surface area contributed by atoms with Crippen LogP contribution in [0.1, 0.15) is 34.1 Å². The van der Waals surface area contributed by atoms with E-state index in [9.17, 15) is 0 Å². The van der Waals surface area contributed by atoms with E-state index in [4.69, 9.17) is 14.0 Å². The van der Waals surface area contributed by atoms with Gasteiger partial charge in [0.25, 0.3) is 0 Å². The SMILES string of the molecule is CC1(C)OB(c2cccc(O[C@@H]3CCNC3)c2)OC1(C)C.Cl. The number of rotatable bonds is 3. The molecule has 1 N–H and O–H groups in total. The summed E-state index contributed by atoms with van der Waals surface area (Å²) in [5, 5.41) is 3.31. The van der Waals surface area contributed by atoms with Gasteiger partial charge in [0.1, 0.15) is 11.9 Å². The highest BCUT2D eigenvalue weighted by Gasteiger charge is 2.51. The van der Waals surface area contributed by atoms with E-state index in [0.29, 0.717) is 0 Å². The first-order valence-corrected chi connectivity index (χ1v) is 7.70. The third-order valence-corrected chi connectivity index (χ3v) is 4.70. The van der Waals surface area contributed by atoms with Crippen molar-refractivity contribution in [3.8, 4) is 5.75 Å². The molecule has 0 aromatic heterocycles. The quantitative estimate of drug-likeness (QED) is 0.865. The van der Waals surface area contributed by atoms with Gasteiger partial charge in [0, 0.05) is 6.54 Å². The molecule has 22 heavy (non-hydrogen) atoms. The van der Waals surface area contributed by atoms with Gasteiger partial charge in [0.05, 0.1) is 11.2 Å². The fourth-order valence-corrected chi connectivity index (χ4v) is 2.63. The summed E-state index contributed by atoms with van der Waals surface area (Å²) in [7, 11) is -0.333. The maximum absolute atomic E-state index is 6.08. The minimum atomic E-state index is -0.333. The minimum absolute atomic E-state index is 0. The van der Waals surface area contributed by atoms with Gasteiger partial charge in [-0.3, -0.25) is 0 Å². The van der Waals surface area contributed by atoms with Gasteiger partial charge in [-0.2, -0.15) is 0 Å². The normalized spacial score (nSPS) is 25.8. The van der Waals surface area contributed by atoms with Crippen LogP contribution in [0.25, 0.3) is 0 Å². The van der Waals surface area contributed by atoms with Crippen molar-refractivity contribution in [1.29, 1.82) is 0 Å². The second-order valence-corrected chi connectivity index (χ2v) is 6.89. The zero-order valence-electron chi connectivity index (χ0n) is 13.7. The highest BCUT2D eigenvalue weighted by atomic mass is 35.5. The molecule has 122 valence electrons. The topological polar surface area (TPSA) is 39.7 Å². The van der Waals surface area contributed by atoms with Crippen molar-refractivity contribution in [1.82, 2.24) is 5.32 Å². The molecule has 0 radical (unpaired) electrons. The van der Waals surface area contributed by atoms with Gasteiger partial charge in [-0.05, 0) is 58.3 Å². The average Bonchev–Trinajstić information content (AvgIpc) is 2.97. The van der Waals surface area contributed by atoms with Crippen molar-refractivity contribution in [2.24, 2.45) is 0 Å². The smallest absolute Gasteiger partial charge is 0.489 e. The van der Waals surface area contributed by atoms with Crippen molar-refractivity contribution < 1.29 is 14.0 Å². The standard InChI is InChI=1S/C16H24BNO3.ClH/c1-15(2)16(3,4)21-17(20-15)12-6-5-7-13(10-12)19-14-8-9-18-11-14;/h5-7,10,14,18H,8-9,11H2,1-4H3;1H/t14-;/m1./s1. The molecule has 0 aliphatic carbocycles. The molecule has 0 unspecified atom stereocenters. The molecule has 0 spiro atoms. The fraction of sp³-hybridized carbons (Fsp3) is 0.625. The summed E-state index contributed by atoms with van der Waals surface area (Å²) in [5.74, 6) is 0.885.